The Hall–Kier alpha value is -3.66. The van der Waals surface area contributed by atoms with E-state index >= 15 is 0 Å². The number of fused-ring (bicyclic) bond motifs is 3. The average molecular weight is 546 g/mol. The maximum atomic E-state index is 13.3. The molecule has 0 saturated heterocycles. The Labute approximate surface area is 232 Å². The minimum atomic E-state index is -0.261. The molecule has 1 amide bonds. The molecule has 0 radical (unpaired) electrons. The van der Waals surface area contributed by atoms with Crippen LogP contribution < -0.4 is 5.32 Å². The van der Waals surface area contributed by atoms with Crippen LogP contribution in [0.15, 0.2) is 73.1 Å². The Morgan fingerprint density at radius 1 is 1.18 bits per heavy atom. The van der Waals surface area contributed by atoms with Gasteiger partial charge >= 0.3 is 0 Å². The van der Waals surface area contributed by atoms with Crippen LogP contribution in [0.4, 0.5) is 10.2 Å². The van der Waals surface area contributed by atoms with Gasteiger partial charge in [0.1, 0.15) is 22.8 Å². The summed E-state index contributed by atoms with van der Waals surface area (Å²) in [5.74, 6) is 0.539. The number of anilines is 1. The van der Waals surface area contributed by atoms with Crippen molar-refractivity contribution in [3.05, 3.63) is 100 Å². The first kappa shape index (κ1) is 26.9. The number of rotatable bonds is 10. The molecule has 3 heterocycles. The summed E-state index contributed by atoms with van der Waals surface area (Å²) in [6.45, 7) is 2.74. The molecule has 0 fully saturated rings. The summed E-state index contributed by atoms with van der Waals surface area (Å²) in [6.07, 6.45) is 5.91. The van der Waals surface area contributed by atoms with Crippen molar-refractivity contribution in [1.29, 1.82) is 0 Å². The molecule has 0 saturated carbocycles. The van der Waals surface area contributed by atoms with Gasteiger partial charge < -0.3 is 19.9 Å². The van der Waals surface area contributed by atoms with E-state index in [1.165, 1.54) is 17.7 Å². The first-order valence-electron chi connectivity index (χ1n) is 13.0. The summed E-state index contributed by atoms with van der Waals surface area (Å²) in [7, 11) is 3.96. The summed E-state index contributed by atoms with van der Waals surface area (Å²) < 4.78 is 19.3. The molecule has 1 aliphatic heterocycles. The molecule has 0 aliphatic carbocycles. The second kappa shape index (κ2) is 12.5. The number of nitrogens with one attached hydrogen (secondary N) is 1. The molecule has 1 N–H and O–H groups in total. The molecule has 7 nitrogen and oxygen atoms in total. The predicted molar refractivity (Wildman–Crippen MR) is 153 cm³/mol. The zero-order valence-electron chi connectivity index (χ0n) is 22.1. The van der Waals surface area contributed by atoms with Gasteiger partial charge in [-0.3, -0.25) is 4.79 Å². The molecule has 0 spiro atoms. The Balaban J connectivity index is 1.35. The number of likely N-dealkylation sites (N-methyl/N-ethyl adjacent to an activating group) is 1. The number of carbonyl (C=O) groups excluding carboxylic acids is 1. The fourth-order valence-corrected chi connectivity index (χ4v) is 5.84. The zero-order valence-corrected chi connectivity index (χ0v) is 23.0. The normalized spacial score (nSPS) is 14.2. The lowest BCUT2D eigenvalue weighted by Gasteiger charge is -2.26. The number of carbonyl (C=O) groups is 1. The maximum Gasteiger partial charge on any atom is 0.246 e. The van der Waals surface area contributed by atoms with E-state index < -0.39 is 0 Å². The SMILES string of the molecule is CN(C)CC=CC(=O)N1CCc2c(sc3ncnc(N[C@H](COCc4ccc(F)cc4)c4ccccc4)c23)C1. The lowest BCUT2D eigenvalue weighted by atomic mass is 10.0. The molecular weight excluding hydrogens is 513 g/mol. The summed E-state index contributed by atoms with van der Waals surface area (Å²) in [6, 6.07) is 16.3. The standard InChI is InChI=1S/C30H32FN5O2S/c1-35(2)15-6-9-27(37)36-16-14-24-26(17-36)39-30-28(24)29(32-20-33-30)34-25(22-7-4-3-5-8-22)19-38-18-21-10-12-23(31)13-11-21/h3-13,20,25H,14-19H2,1-2H3,(H,32,33,34)/t25-/m1/s1. The van der Waals surface area contributed by atoms with Crippen molar-refractivity contribution in [3.63, 3.8) is 0 Å². The minimum absolute atomic E-state index is 0.0341. The highest BCUT2D eigenvalue weighted by atomic mass is 32.1. The van der Waals surface area contributed by atoms with E-state index in [2.05, 4.69) is 27.4 Å². The highest BCUT2D eigenvalue weighted by Crippen LogP contribution is 2.38. The van der Waals surface area contributed by atoms with Crippen LogP contribution >= 0.6 is 11.3 Å². The number of hydrogen-bond acceptors (Lipinski definition) is 7. The Bertz CT molecular complexity index is 1440. The second-order valence-electron chi connectivity index (χ2n) is 9.83. The van der Waals surface area contributed by atoms with Crippen LogP contribution in [0.2, 0.25) is 0 Å². The van der Waals surface area contributed by atoms with Crippen molar-refractivity contribution >= 4 is 33.3 Å². The van der Waals surface area contributed by atoms with E-state index in [1.807, 2.05) is 48.2 Å². The van der Waals surface area contributed by atoms with Gasteiger partial charge in [0, 0.05) is 24.0 Å². The van der Waals surface area contributed by atoms with Crippen molar-refractivity contribution in [3.8, 4) is 0 Å². The average Bonchev–Trinajstić information content (AvgIpc) is 3.32. The van der Waals surface area contributed by atoms with Crippen molar-refractivity contribution in [2.75, 3.05) is 39.1 Å². The molecule has 0 unspecified atom stereocenters. The van der Waals surface area contributed by atoms with Gasteiger partial charge in [-0.05, 0) is 49.3 Å². The number of aromatic nitrogens is 2. The van der Waals surface area contributed by atoms with E-state index in [9.17, 15) is 9.18 Å². The van der Waals surface area contributed by atoms with E-state index in [4.69, 9.17) is 4.74 Å². The lowest BCUT2D eigenvalue weighted by Crippen LogP contribution is -2.34. The van der Waals surface area contributed by atoms with Crippen LogP contribution in [0.25, 0.3) is 10.2 Å². The Kier molecular flexibility index (Phi) is 8.61. The third-order valence-electron chi connectivity index (χ3n) is 6.66. The summed E-state index contributed by atoms with van der Waals surface area (Å²) in [5, 5.41) is 4.64. The third-order valence-corrected chi connectivity index (χ3v) is 7.78. The van der Waals surface area contributed by atoms with Gasteiger partial charge in [0.05, 0.1) is 31.2 Å². The summed E-state index contributed by atoms with van der Waals surface area (Å²) >= 11 is 1.62. The van der Waals surface area contributed by atoms with Crippen LogP contribution in [0.1, 0.15) is 27.6 Å². The topological polar surface area (TPSA) is 70.6 Å². The van der Waals surface area contributed by atoms with Gasteiger partial charge in [0.25, 0.3) is 0 Å². The first-order valence-corrected chi connectivity index (χ1v) is 13.8. The number of amides is 1. The highest BCUT2D eigenvalue weighted by molar-refractivity contribution is 7.19. The molecule has 1 atom stereocenters. The number of halogens is 1. The molecule has 2 aromatic heterocycles. The van der Waals surface area contributed by atoms with Crippen LogP contribution in [0, 0.1) is 5.82 Å². The number of thiophene rings is 1. The number of hydrogen-bond donors (Lipinski definition) is 1. The number of benzene rings is 2. The smallest absolute Gasteiger partial charge is 0.246 e. The molecule has 39 heavy (non-hydrogen) atoms. The van der Waals surface area contributed by atoms with Crippen LogP contribution in [0.5, 0.6) is 0 Å². The molecule has 0 bridgehead atoms. The van der Waals surface area contributed by atoms with Gasteiger partial charge in [-0.1, -0.05) is 48.5 Å². The molecule has 1 aliphatic rings. The van der Waals surface area contributed by atoms with Crippen molar-refractivity contribution in [2.45, 2.75) is 25.6 Å². The van der Waals surface area contributed by atoms with Gasteiger partial charge in [-0.15, -0.1) is 11.3 Å². The Morgan fingerprint density at radius 3 is 2.74 bits per heavy atom. The van der Waals surface area contributed by atoms with Crippen LogP contribution in [-0.2, 0) is 29.1 Å². The molecule has 9 heteroatoms. The van der Waals surface area contributed by atoms with Crippen molar-refractivity contribution in [1.82, 2.24) is 19.8 Å². The fraction of sp³-hybridized carbons (Fsp3) is 0.300. The number of nitrogens with zero attached hydrogens (tertiary/aromatic N) is 4. The molecule has 2 aromatic carbocycles. The van der Waals surface area contributed by atoms with Gasteiger partial charge in [0.15, 0.2) is 0 Å². The number of ether oxygens (including phenoxy) is 1. The monoisotopic (exact) mass is 545 g/mol. The van der Waals surface area contributed by atoms with E-state index in [-0.39, 0.29) is 17.8 Å². The highest BCUT2D eigenvalue weighted by Gasteiger charge is 2.26. The van der Waals surface area contributed by atoms with E-state index in [0.717, 1.165) is 45.0 Å². The van der Waals surface area contributed by atoms with Crippen molar-refractivity contribution < 1.29 is 13.9 Å². The molecule has 5 rings (SSSR count). The predicted octanol–water partition coefficient (Wildman–Crippen LogP) is 5.20. The molecule has 4 aromatic rings. The zero-order chi connectivity index (χ0) is 27.2. The molecular formula is C30H32FN5O2S. The second-order valence-corrected chi connectivity index (χ2v) is 10.9. The van der Waals surface area contributed by atoms with Crippen LogP contribution in [0.3, 0.4) is 0 Å². The first-order chi connectivity index (χ1) is 19.0. The summed E-state index contributed by atoms with van der Waals surface area (Å²) in [4.78, 5) is 27.9. The Morgan fingerprint density at radius 2 is 1.97 bits per heavy atom. The third kappa shape index (κ3) is 6.68. The van der Waals surface area contributed by atoms with Gasteiger partial charge in [-0.2, -0.15) is 0 Å². The quantitative estimate of drug-likeness (QED) is 0.276. The fourth-order valence-electron chi connectivity index (χ4n) is 4.64. The van der Waals surface area contributed by atoms with E-state index in [1.54, 1.807) is 35.9 Å². The minimum Gasteiger partial charge on any atom is -0.374 e. The largest absolute Gasteiger partial charge is 0.374 e. The lowest BCUT2D eigenvalue weighted by molar-refractivity contribution is -0.126. The van der Waals surface area contributed by atoms with Crippen LogP contribution in [-0.4, -0.2) is 59.5 Å². The summed E-state index contributed by atoms with van der Waals surface area (Å²) in [5.41, 5.74) is 3.20. The van der Waals surface area contributed by atoms with Crippen molar-refractivity contribution in [2.24, 2.45) is 0 Å². The van der Waals surface area contributed by atoms with E-state index in [0.29, 0.717) is 26.3 Å². The van der Waals surface area contributed by atoms with Gasteiger partial charge in [0.2, 0.25) is 5.91 Å². The maximum absolute atomic E-state index is 13.3. The van der Waals surface area contributed by atoms with Gasteiger partial charge in [-0.25, -0.2) is 14.4 Å². The molecule has 202 valence electrons.